The van der Waals surface area contributed by atoms with Gasteiger partial charge in [-0.05, 0) is 25.0 Å². The number of nitriles is 1. The van der Waals surface area contributed by atoms with Crippen molar-refractivity contribution in [3.63, 3.8) is 0 Å². The average Bonchev–Trinajstić information content (AvgIpc) is 3.49. The highest BCUT2D eigenvalue weighted by Gasteiger charge is 2.43. The number of methoxy groups -OCH3 is 1. The van der Waals surface area contributed by atoms with Crippen LogP contribution in [0.2, 0.25) is 0 Å². The van der Waals surface area contributed by atoms with Crippen molar-refractivity contribution in [2.75, 3.05) is 33.3 Å². The normalized spacial score (nSPS) is 17.8. The van der Waals surface area contributed by atoms with E-state index in [1.807, 2.05) is 23.1 Å². The van der Waals surface area contributed by atoms with E-state index >= 15 is 0 Å². The third kappa shape index (κ3) is 3.96. The van der Waals surface area contributed by atoms with Gasteiger partial charge in [-0.15, -0.1) is 0 Å². The second kappa shape index (κ2) is 8.83. The van der Waals surface area contributed by atoms with Crippen molar-refractivity contribution in [3.8, 4) is 22.9 Å². The first kappa shape index (κ1) is 23.1. The molecule has 11 nitrogen and oxygen atoms in total. The van der Waals surface area contributed by atoms with Gasteiger partial charge in [0.1, 0.15) is 28.1 Å². The number of rotatable bonds is 6. The Morgan fingerprint density at radius 2 is 1.94 bits per heavy atom. The number of fused-ring (bicyclic) bond motifs is 1. The number of nitrogens with zero attached hydrogens (tertiary/aromatic N) is 7. The summed E-state index contributed by atoms with van der Waals surface area (Å²) in [6.45, 7) is 4.71. The number of carbonyl (C=O) groups excluding carboxylic acids is 1. The van der Waals surface area contributed by atoms with Gasteiger partial charge in [-0.25, -0.2) is 17.2 Å². The van der Waals surface area contributed by atoms with Gasteiger partial charge in [0.25, 0.3) is 0 Å². The molecule has 3 aromatic heterocycles. The van der Waals surface area contributed by atoms with Crippen LogP contribution in [0.1, 0.15) is 24.4 Å². The van der Waals surface area contributed by atoms with Gasteiger partial charge in [0.05, 0.1) is 25.5 Å². The molecule has 0 spiro atoms. The Balaban J connectivity index is 1.27. The van der Waals surface area contributed by atoms with Crippen LogP contribution >= 0.6 is 0 Å². The molecule has 0 aliphatic carbocycles. The van der Waals surface area contributed by atoms with Crippen LogP contribution in [0.4, 0.5) is 0 Å². The van der Waals surface area contributed by atoms with E-state index in [4.69, 9.17) is 4.74 Å². The van der Waals surface area contributed by atoms with Crippen LogP contribution in [0.25, 0.3) is 16.6 Å². The molecule has 2 saturated heterocycles. The second-order valence-corrected chi connectivity index (χ2v) is 10.9. The van der Waals surface area contributed by atoms with Gasteiger partial charge < -0.3 is 9.64 Å². The van der Waals surface area contributed by atoms with Gasteiger partial charge in [0.2, 0.25) is 15.9 Å². The molecule has 182 valence electrons. The highest BCUT2D eigenvalue weighted by atomic mass is 32.2. The lowest BCUT2D eigenvalue weighted by molar-refractivity contribution is -0.129. The zero-order valence-corrected chi connectivity index (χ0v) is 20.1. The summed E-state index contributed by atoms with van der Waals surface area (Å²) in [5, 5.41) is 17.5. The van der Waals surface area contributed by atoms with E-state index in [2.05, 4.69) is 22.8 Å². The lowest BCUT2D eigenvalue weighted by Crippen LogP contribution is -2.60. The molecule has 0 radical (unpaired) electrons. The van der Waals surface area contributed by atoms with Crippen molar-refractivity contribution < 1.29 is 17.9 Å². The van der Waals surface area contributed by atoms with Crippen molar-refractivity contribution in [1.29, 1.82) is 5.26 Å². The number of hydrogen-bond acceptors (Lipinski definition) is 7. The quantitative estimate of drug-likeness (QED) is 0.474. The van der Waals surface area contributed by atoms with Crippen molar-refractivity contribution in [2.24, 2.45) is 0 Å². The predicted molar refractivity (Wildman–Crippen MR) is 127 cm³/mol. The molecule has 3 aromatic rings. The molecule has 5 rings (SSSR count). The number of pyridine rings is 1. The maximum atomic E-state index is 12.9. The Morgan fingerprint density at radius 3 is 2.60 bits per heavy atom. The second-order valence-electron chi connectivity index (χ2n) is 8.71. The van der Waals surface area contributed by atoms with E-state index in [0.717, 1.165) is 11.1 Å². The van der Waals surface area contributed by atoms with Gasteiger partial charge in [-0.2, -0.15) is 15.5 Å². The molecular weight excluding hydrogens is 470 g/mol. The molecule has 35 heavy (non-hydrogen) atoms. The summed E-state index contributed by atoms with van der Waals surface area (Å²) < 4.78 is 36.4. The van der Waals surface area contributed by atoms with E-state index in [0.29, 0.717) is 42.8 Å². The first-order valence-electron chi connectivity index (χ1n) is 11.3. The van der Waals surface area contributed by atoms with Crippen molar-refractivity contribution in [1.82, 2.24) is 28.6 Å². The monoisotopic (exact) mass is 495 g/mol. The topological polar surface area (TPSA) is 126 Å². The highest BCUT2D eigenvalue weighted by molar-refractivity contribution is 7.89. The molecule has 5 heterocycles. The smallest absolute Gasteiger partial charge is 0.246 e. The molecule has 0 saturated carbocycles. The summed E-state index contributed by atoms with van der Waals surface area (Å²) in [7, 11) is -1.89. The summed E-state index contributed by atoms with van der Waals surface area (Å²) in [5.41, 5.74) is 2.77. The number of ether oxygens (including phenoxy) is 1. The number of amides is 1. The van der Waals surface area contributed by atoms with E-state index < -0.39 is 15.3 Å². The van der Waals surface area contributed by atoms with Crippen LogP contribution in [-0.4, -0.2) is 81.5 Å². The average molecular weight is 496 g/mol. The minimum Gasteiger partial charge on any atom is -0.494 e. The Kier molecular flexibility index (Phi) is 5.82. The standard InChI is InChI=1S/C23H25N7O4S/c1-3-22(31)27-14-20(15-27)35(32,33)28-6-4-19(5-7-28)29-13-18(11-25-29)16-8-21(34-2)23-17(9-24)10-26-30(23)12-16/h3,8,10-13,19-20H,1,4-7,14-15H2,2H3. The minimum atomic E-state index is -3.44. The van der Waals surface area contributed by atoms with E-state index in [-0.39, 0.29) is 25.0 Å². The molecular formula is C23H25N7O4S. The highest BCUT2D eigenvalue weighted by Crippen LogP contribution is 2.32. The molecule has 0 N–H and O–H groups in total. The third-order valence-corrected chi connectivity index (χ3v) is 8.99. The van der Waals surface area contributed by atoms with Gasteiger partial charge in [0, 0.05) is 49.7 Å². The van der Waals surface area contributed by atoms with E-state index in [9.17, 15) is 18.5 Å². The zero-order valence-electron chi connectivity index (χ0n) is 19.2. The number of carbonyl (C=O) groups is 1. The van der Waals surface area contributed by atoms with E-state index in [1.165, 1.54) is 21.5 Å². The molecule has 0 aromatic carbocycles. The van der Waals surface area contributed by atoms with Crippen molar-refractivity contribution in [3.05, 3.63) is 49.1 Å². The fourth-order valence-electron chi connectivity index (χ4n) is 4.67. The number of aromatic nitrogens is 4. The minimum absolute atomic E-state index is 0.0796. The summed E-state index contributed by atoms with van der Waals surface area (Å²) in [5.74, 6) is 0.312. The number of hydrogen-bond donors (Lipinski definition) is 0. The van der Waals surface area contributed by atoms with Gasteiger partial charge in [-0.3, -0.25) is 9.48 Å². The summed E-state index contributed by atoms with van der Waals surface area (Å²) >= 11 is 0. The zero-order chi connectivity index (χ0) is 24.7. The Morgan fingerprint density at radius 1 is 1.20 bits per heavy atom. The molecule has 0 atom stereocenters. The molecule has 1 amide bonds. The fourth-order valence-corrected chi connectivity index (χ4v) is 6.55. The van der Waals surface area contributed by atoms with Crippen LogP contribution in [0, 0.1) is 11.3 Å². The number of sulfonamides is 1. The largest absolute Gasteiger partial charge is 0.494 e. The van der Waals surface area contributed by atoms with Crippen molar-refractivity contribution in [2.45, 2.75) is 24.1 Å². The Labute approximate surface area is 202 Å². The van der Waals surface area contributed by atoms with Gasteiger partial charge in [0.15, 0.2) is 0 Å². The first-order valence-corrected chi connectivity index (χ1v) is 12.8. The summed E-state index contributed by atoms with van der Waals surface area (Å²) in [4.78, 5) is 13.1. The lowest BCUT2D eigenvalue weighted by Gasteiger charge is -2.41. The van der Waals surface area contributed by atoms with Gasteiger partial charge in [-0.1, -0.05) is 6.58 Å². The third-order valence-electron chi connectivity index (χ3n) is 6.77. The lowest BCUT2D eigenvalue weighted by atomic mass is 10.1. The molecule has 0 bridgehead atoms. The summed E-state index contributed by atoms with van der Waals surface area (Å²) in [6.07, 6.45) is 9.54. The summed E-state index contributed by atoms with van der Waals surface area (Å²) in [6, 6.07) is 4.06. The molecule has 2 aliphatic rings. The first-order chi connectivity index (χ1) is 16.8. The Hall–Kier alpha value is -3.69. The fraction of sp³-hybridized carbons (Fsp3) is 0.391. The molecule has 12 heteroatoms. The van der Waals surface area contributed by atoms with Crippen LogP contribution in [-0.2, 0) is 14.8 Å². The van der Waals surface area contributed by atoms with Gasteiger partial charge >= 0.3 is 0 Å². The molecule has 0 unspecified atom stereocenters. The van der Waals surface area contributed by atoms with Crippen LogP contribution < -0.4 is 4.74 Å². The number of likely N-dealkylation sites (tertiary alicyclic amines) is 1. The maximum Gasteiger partial charge on any atom is 0.246 e. The maximum absolute atomic E-state index is 12.9. The molecule has 2 aliphatic heterocycles. The number of piperidine rings is 1. The van der Waals surface area contributed by atoms with Crippen LogP contribution in [0.3, 0.4) is 0 Å². The SMILES string of the molecule is C=CC(=O)N1CC(S(=O)(=O)N2CCC(n3cc(-c4cc(OC)c5c(C#N)cnn5c4)cn3)CC2)C1. The predicted octanol–water partition coefficient (Wildman–Crippen LogP) is 1.44. The Bertz CT molecular complexity index is 1440. The van der Waals surface area contributed by atoms with Crippen LogP contribution in [0.5, 0.6) is 5.75 Å². The molecule has 2 fully saturated rings. The van der Waals surface area contributed by atoms with Crippen LogP contribution in [0.15, 0.2) is 43.5 Å². The van der Waals surface area contributed by atoms with E-state index in [1.54, 1.807) is 17.8 Å². The van der Waals surface area contributed by atoms with Crippen molar-refractivity contribution >= 4 is 21.4 Å².